The Hall–Kier alpha value is -3.35. The zero-order valence-electron chi connectivity index (χ0n) is 16.5. The number of alkyl halides is 3. The van der Waals surface area contributed by atoms with Crippen molar-refractivity contribution in [2.45, 2.75) is 31.9 Å². The van der Waals surface area contributed by atoms with Gasteiger partial charge in [0.05, 0.1) is 11.3 Å². The van der Waals surface area contributed by atoms with Crippen LogP contribution in [0, 0.1) is 5.82 Å². The molecule has 2 N–H and O–H groups in total. The maximum Gasteiger partial charge on any atom is 0.416 e. The Morgan fingerprint density at radius 1 is 0.806 bits per heavy atom. The SMILES string of the molecule is O=C(Nc1cccc(C(F)(F)F)c1)Nc1ccc(-c2ccc3c(c2)CCCC3)cc1F. The van der Waals surface area contributed by atoms with E-state index in [0.29, 0.717) is 5.56 Å². The fraction of sp³-hybridized carbons (Fsp3) is 0.208. The molecule has 0 saturated heterocycles. The summed E-state index contributed by atoms with van der Waals surface area (Å²) in [5.74, 6) is -0.630. The lowest BCUT2D eigenvalue weighted by Gasteiger charge is -2.17. The molecule has 2 amide bonds. The molecule has 0 spiro atoms. The van der Waals surface area contributed by atoms with Crippen LogP contribution in [0.4, 0.5) is 33.7 Å². The first-order valence-electron chi connectivity index (χ1n) is 9.96. The lowest BCUT2D eigenvalue weighted by atomic mass is 9.89. The fourth-order valence-corrected chi connectivity index (χ4v) is 3.77. The Labute approximate surface area is 177 Å². The van der Waals surface area contributed by atoms with Crippen LogP contribution in [0.25, 0.3) is 11.1 Å². The molecule has 31 heavy (non-hydrogen) atoms. The van der Waals surface area contributed by atoms with Crippen LogP contribution in [0.15, 0.2) is 60.7 Å². The third-order valence-corrected chi connectivity index (χ3v) is 5.35. The van der Waals surface area contributed by atoms with Gasteiger partial charge in [-0.2, -0.15) is 13.2 Å². The zero-order chi connectivity index (χ0) is 22.0. The molecular weight excluding hydrogens is 408 g/mol. The number of rotatable bonds is 3. The second-order valence-electron chi connectivity index (χ2n) is 7.54. The van der Waals surface area contributed by atoms with Crippen molar-refractivity contribution < 1.29 is 22.4 Å². The third kappa shape index (κ3) is 4.87. The highest BCUT2D eigenvalue weighted by molar-refractivity contribution is 6.00. The molecule has 0 radical (unpaired) electrons. The summed E-state index contributed by atoms with van der Waals surface area (Å²) in [4.78, 5) is 12.1. The highest BCUT2D eigenvalue weighted by Gasteiger charge is 2.30. The van der Waals surface area contributed by atoms with Crippen LogP contribution >= 0.6 is 0 Å². The molecule has 3 aromatic carbocycles. The number of hydrogen-bond acceptors (Lipinski definition) is 1. The van der Waals surface area contributed by atoms with Gasteiger partial charge in [-0.1, -0.05) is 30.3 Å². The lowest BCUT2D eigenvalue weighted by molar-refractivity contribution is -0.137. The second kappa shape index (κ2) is 8.41. The van der Waals surface area contributed by atoms with E-state index in [1.165, 1.54) is 41.8 Å². The van der Waals surface area contributed by atoms with Crippen molar-refractivity contribution in [3.05, 3.63) is 83.2 Å². The summed E-state index contributed by atoms with van der Waals surface area (Å²) in [7, 11) is 0. The minimum absolute atomic E-state index is 0.0431. The highest BCUT2D eigenvalue weighted by atomic mass is 19.4. The molecule has 160 valence electrons. The zero-order valence-corrected chi connectivity index (χ0v) is 16.5. The van der Waals surface area contributed by atoms with E-state index < -0.39 is 23.6 Å². The van der Waals surface area contributed by atoms with Crippen LogP contribution in [0.1, 0.15) is 29.5 Å². The van der Waals surface area contributed by atoms with Gasteiger partial charge >= 0.3 is 12.2 Å². The largest absolute Gasteiger partial charge is 0.416 e. The normalized spacial score (nSPS) is 13.4. The standard InChI is InChI=1S/C24H20F4N2O/c25-21-13-18(17-9-8-15-4-1-2-5-16(15)12-17)10-11-22(21)30-23(31)29-20-7-3-6-19(14-20)24(26,27)28/h3,6-14H,1-2,4-5H2,(H2,29,30,31). The summed E-state index contributed by atoms with van der Waals surface area (Å²) in [5.41, 5.74) is 3.22. The molecule has 3 aromatic rings. The quantitative estimate of drug-likeness (QED) is 0.432. The molecule has 3 nitrogen and oxygen atoms in total. The van der Waals surface area contributed by atoms with Gasteiger partial charge in [0.25, 0.3) is 0 Å². The van der Waals surface area contributed by atoms with Crippen LogP contribution in [-0.4, -0.2) is 6.03 Å². The van der Waals surface area contributed by atoms with Crippen LogP contribution in [0.5, 0.6) is 0 Å². The van der Waals surface area contributed by atoms with Gasteiger partial charge in [0.2, 0.25) is 0 Å². The highest BCUT2D eigenvalue weighted by Crippen LogP contribution is 2.31. The van der Waals surface area contributed by atoms with Crippen LogP contribution in [-0.2, 0) is 19.0 Å². The molecule has 0 aliphatic heterocycles. The minimum atomic E-state index is -4.52. The lowest BCUT2D eigenvalue weighted by Crippen LogP contribution is -2.20. The Balaban J connectivity index is 1.47. The number of urea groups is 1. The monoisotopic (exact) mass is 428 g/mol. The van der Waals surface area contributed by atoms with E-state index in [2.05, 4.69) is 22.8 Å². The number of anilines is 2. The number of carbonyl (C=O) groups is 1. The van der Waals surface area contributed by atoms with Gasteiger partial charge in [-0.3, -0.25) is 0 Å². The summed E-state index contributed by atoms with van der Waals surface area (Å²) >= 11 is 0. The molecule has 1 aliphatic carbocycles. The summed E-state index contributed by atoms with van der Waals surface area (Å²) in [6, 6.07) is 14.0. The van der Waals surface area contributed by atoms with Gasteiger partial charge in [-0.25, -0.2) is 9.18 Å². The van der Waals surface area contributed by atoms with E-state index in [4.69, 9.17) is 0 Å². The van der Waals surface area contributed by atoms with Crippen LogP contribution in [0.2, 0.25) is 0 Å². The van der Waals surface area contributed by atoms with Crippen LogP contribution in [0.3, 0.4) is 0 Å². The van der Waals surface area contributed by atoms with Gasteiger partial charge in [-0.05, 0) is 78.3 Å². The Morgan fingerprint density at radius 2 is 1.52 bits per heavy atom. The molecular formula is C24H20F4N2O. The van der Waals surface area contributed by atoms with E-state index in [0.717, 1.165) is 37.0 Å². The number of nitrogens with one attached hydrogen (secondary N) is 2. The van der Waals surface area contributed by atoms with Crippen molar-refractivity contribution in [2.24, 2.45) is 0 Å². The van der Waals surface area contributed by atoms with E-state index in [1.54, 1.807) is 6.07 Å². The maximum absolute atomic E-state index is 14.6. The summed E-state index contributed by atoms with van der Waals surface area (Å²) < 4.78 is 53.0. The summed E-state index contributed by atoms with van der Waals surface area (Å²) in [6.07, 6.45) is -0.111. The average molecular weight is 428 g/mol. The van der Waals surface area contributed by atoms with E-state index in [1.807, 2.05) is 6.07 Å². The Kier molecular flexibility index (Phi) is 5.67. The van der Waals surface area contributed by atoms with Crippen LogP contribution < -0.4 is 10.6 Å². The van der Waals surface area contributed by atoms with Gasteiger partial charge in [0.1, 0.15) is 5.82 Å². The first-order valence-corrected chi connectivity index (χ1v) is 9.96. The molecule has 0 aromatic heterocycles. The van der Waals surface area contributed by atoms with E-state index in [-0.39, 0.29) is 11.4 Å². The molecule has 0 fully saturated rings. The number of benzene rings is 3. The molecule has 7 heteroatoms. The number of amides is 2. The molecule has 0 bridgehead atoms. The first-order chi connectivity index (χ1) is 14.8. The smallest absolute Gasteiger partial charge is 0.308 e. The van der Waals surface area contributed by atoms with Gasteiger partial charge in [0.15, 0.2) is 0 Å². The fourth-order valence-electron chi connectivity index (χ4n) is 3.77. The number of fused-ring (bicyclic) bond motifs is 1. The van der Waals surface area contributed by atoms with Crippen molar-refractivity contribution >= 4 is 17.4 Å². The summed E-state index contributed by atoms with van der Waals surface area (Å²) in [6.45, 7) is 0. The molecule has 1 aliphatic rings. The van der Waals surface area contributed by atoms with Crippen molar-refractivity contribution in [3.63, 3.8) is 0 Å². The Morgan fingerprint density at radius 3 is 2.26 bits per heavy atom. The van der Waals surface area contributed by atoms with Crippen molar-refractivity contribution in [2.75, 3.05) is 10.6 Å². The first kappa shape index (κ1) is 20.9. The van der Waals surface area contributed by atoms with Crippen molar-refractivity contribution in [1.82, 2.24) is 0 Å². The third-order valence-electron chi connectivity index (χ3n) is 5.35. The summed E-state index contributed by atoms with van der Waals surface area (Å²) in [5, 5.41) is 4.63. The predicted molar refractivity (Wildman–Crippen MR) is 113 cm³/mol. The molecule has 0 unspecified atom stereocenters. The topological polar surface area (TPSA) is 41.1 Å². The number of aryl methyl sites for hydroxylation is 2. The maximum atomic E-state index is 14.6. The molecule has 0 atom stereocenters. The van der Waals surface area contributed by atoms with Crippen molar-refractivity contribution in [3.8, 4) is 11.1 Å². The Bertz CT molecular complexity index is 1120. The second-order valence-corrected chi connectivity index (χ2v) is 7.54. The average Bonchev–Trinajstić information content (AvgIpc) is 2.74. The van der Waals surface area contributed by atoms with E-state index in [9.17, 15) is 22.4 Å². The molecule has 0 heterocycles. The van der Waals surface area contributed by atoms with E-state index >= 15 is 0 Å². The minimum Gasteiger partial charge on any atom is -0.308 e. The van der Waals surface area contributed by atoms with Crippen molar-refractivity contribution in [1.29, 1.82) is 0 Å². The number of hydrogen-bond donors (Lipinski definition) is 2. The number of carbonyl (C=O) groups excluding carboxylic acids is 1. The van der Waals surface area contributed by atoms with Gasteiger partial charge in [0, 0.05) is 5.69 Å². The molecule has 4 rings (SSSR count). The number of halogens is 4. The molecule has 0 saturated carbocycles. The predicted octanol–water partition coefficient (Wildman–Crippen LogP) is 7.03. The van der Waals surface area contributed by atoms with Gasteiger partial charge < -0.3 is 10.6 Å². The van der Waals surface area contributed by atoms with Gasteiger partial charge in [-0.15, -0.1) is 0 Å².